The van der Waals surface area contributed by atoms with Gasteiger partial charge in [-0.1, -0.05) is 18.2 Å². The van der Waals surface area contributed by atoms with E-state index in [2.05, 4.69) is 15.8 Å². The maximum Gasteiger partial charge on any atom is 0.271 e. The maximum atomic E-state index is 12.6. The number of aryl methyl sites for hydroxylation is 2. The quantitative estimate of drug-likeness (QED) is 0.244. The van der Waals surface area contributed by atoms with Crippen LogP contribution in [0.25, 0.3) is 0 Å². The van der Waals surface area contributed by atoms with Crippen molar-refractivity contribution in [1.29, 1.82) is 0 Å². The van der Waals surface area contributed by atoms with E-state index in [1.807, 2.05) is 26.0 Å². The number of hydrogen-bond acceptors (Lipinski definition) is 7. The Bertz CT molecular complexity index is 1520. The lowest BCUT2D eigenvalue weighted by Crippen LogP contribution is -2.35. The number of benzene rings is 3. The zero-order chi connectivity index (χ0) is 30.1. The Labute approximate surface area is 246 Å². The standard InChI is InChI=1S/C31H36N4O6S/c1-22-6-13-27(17-23(22)2)35(42(3,38)39)20-25-7-11-26(12-8-25)31(37)34-33-18-24-9-14-28(15-10-24)41-21-30(36)32-19-29-5-4-16-40-29/h6-15,17-18,29H,4-5,16,19-21H2,1-3H3,(H,32,36)(H,34,37)/b33-18-/t29-/m1/s1. The van der Waals surface area contributed by atoms with Gasteiger partial charge in [-0.05, 0) is 97.5 Å². The van der Waals surface area contributed by atoms with Gasteiger partial charge in [0.05, 0.1) is 30.8 Å². The summed E-state index contributed by atoms with van der Waals surface area (Å²) in [5.74, 6) is -0.0719. The van der Waals surface area contributed by atoms with Crippen molar-refractivity contribution in [3.05, 3.63) is 94.5 Å². The van der Waals surface area contributed by atoms with Crippen LogP contribution in [-0.2, 0) is 26.1 Å². The Morgan fingerprint density at radius 3 is 2.43 bits per heavy atom. The number of sulfonamides is 1. The zero-order valence-electron chi connectivity index (χ0n) is 24.0. The fourth-order valence-corrected chi connectivity index (χ4v) is 5.20. The summed E-state index contributed by atoms with van der Waals surface area (Å²) in [6.45, 7) is 5.20. The normalized spacial score (nSPS) is 15.0. The first-order valence-corrected chi connectivity index (χ1v) is 15.5. The number of hydrazone groups is 1. The molecule has 0 spiro atoms. The maximum absolute atomic E-state index is 12.6. The molecule has 1 heterocycles. The van der Waals surface area contributed by atoms with E-state index in [0.29, 0.717) is 23.5 Å². The molecule has 2 N–H and O–H groups in total. The first kappa shape index (κ1) is 30.7. The van der Waals surface area contributed by atoms with Crippen LogP contribution >= 0.6 is 0 Å². The Kier molecular flexibility index (Phi) is 10.3. The van der Waals surface area contributed by atoms with Gasteiger partial charge in [-0.25, -0.2) is 13.8 Å². The van der Waals surface area contributed by atoms with E-state index in [1.165, 1.54) is 16.8 Å². The average molecular weight is 593 g/mol. The minimum absolute atomic E-state index is 0.0825. The predicted molar refractivity (Wildman–Crippen MR) is 162 cm³/mol. The van der Waals surface area contributed by atoms with Crippen LogP contribution in [0.1, 0.15) is 45.5 Å². The van der Waals surface area contributed by atoms with Crippen LogP contribution in [0.4, 0.5) is 5.69 Å². The van der Waals surface area contributed by atoms with Crippen molar-refractivity contribution < 1.29 is 27.5 Å². The summed E-state index contributed by atoms with van der Waals surface area (Å²) in [5, 5.41) is 6.82. The molecule has 4 rings (SSSR count). The van der Waals surface area contributed by atoms with Crippen LogP contribution in [0.15, 0.2) is 71.8 Å². The molecule has 10 nitrogen and oxygen atoms in total. The molecule has 3 aromatic rings. The van der Waals surface area contributed by atoms with Gasteiger partial charge < -0.3 is 14.8 Å². The van der Waals surface area contributed by atoms with E-state index in [9.17, 15) is 18.0 Å². The molecule has 42 heavy (non-hydrogen) atoms. The lowest BCUT2D eigenvalue weighted by atomic mass is 10.1. The molecule has 0 unspecified atom stereocenters. The predicted octanol–water partition coefficient (Wildman–Crippen LogP) is 3.71. The highest BCUT2D eigenvalue weighted by Gasteiger charge is 2.19. The summed E-state index contributed by atoms with van der Waals surface area (Å²) in [4.78, 5) is 24.5. The van der Waals surface area contributed by atoms with Crippen molar-refractivity contribution >= 4 is 33.7 Å². The summed E-state index contributed by atoms with van der Waals surface area (Å²) in [6.07, 6.45) is 4.73. The SMILES string of the molecule is Cc1ccc(N(Cc2ccc(C(=O)N/N=C\c3ccc(OCC(=O)NC[C@H]4CCCO4)cc3)cc2)S(C)(=O)=O)cc1C. The van der Waals surface area contributed by atoms with Crippen molar-refractivity contribution in [2.24, 2.45) is 5.10 Å². The Morgan fingerprint density at radius 2 is 1.79 bits per heavy atom. The molecule has 11 heteroatoms. The molecular weight excluding hydrogens is 556 g/mol. The first-order valence-electron chi connectivity index (χ1n) is 13.7. The smallest absolute Gasteiger partial charge is 0.271 e. The van der Waals surface area contributed by atoms with Crippen molar-refractivity contribution in [2.45, 2.75) is 39.3 Å². The van der Waals surface area contributed by atoms with Gasteiger partial charge in [0.25, 0.3) is 11.8 Å². The molecule has 0 radical (unpaired) electrons. The third-order valence-electron chi connectivity index (χ3n) is 6.90. The van der Waals surface area contributed by atoms with Crippen molar-refractivity contribution in [3.63, 3.8) is 0 Å². The molecule has 1 atom stereocenters. The second-order valence-electron chi connectivity index (χ2n) is 10.2. The molecule has 2 amide bonds. The molecule has 222 valence electrons. The number of nitrogens with one attached hydrogen (secondary N) is 2. The molecule has 0 saturated carbocycles. The van der Waals surface area contributed by atoms with E-state index >= 15 is 0 Å². The largest absolute Gasteiger partial charge is 0.484 e. The van der Waals surface area contributed by atoms with E-state index in [0.717, 1.165) is 41.7 Å². The third-order valence-corrected chi connectivity index (χ3v) is 8.04. The molecule has 1 aliphatic rings. The molecule has 0 bridgehead atoms. The van der Waals surface area contributed by atoms with Crippen LogP contribution < -0.4 is 19.8 Å². The molecule has 1 aliphatic heterocycles. The van der Waals surface area contributed by atoms with E-state index in [1.54, 1.807) is 54.6 Å². The second-order valence-corrected chi connectivity index (χ2v) is 12.1. The lowest BCUT2D eigenvalue weighted by Gasteiger charge is -2.23. The van der Waals surface area contributed by atoms with Crippen LogP contribution in [0.3, 0.4) is 0 Å². The van der Waals surface area contributed by atoms with Crippen LogP contribution in [0.2, 0.25) is 0 Å². The number of carbonyl (C=O) groups excluding carboxylic acids is 2. The van der Waals surface area contributed by atoms with E-state index < -0.39 is 15.9 Å². The summed E-state index contributed by atoms with van der Waals surface area (Å²) in [5.41, 5.74) is 7.02. The zero-order valence-corrected chi connectivity index (χ0v) is 24.8. The number of anilines is 1. The summed E-state index contributed by atoms with van der Waals surface area (Å²) in [6, 6.07) is 19.2. The summed E-state index contributed by atoms with van der Waals surface area (Å²) in [7, 11) is -3.52. The van der Waals surface area contributed by atoms with Gasteiger partial charge in [-0.15, -0.1) is 0 Å². The van der Waals surface area contributed by atoms with Gasteiger partial charge in [0, 0.05) is 18.7 Å². The second kappa shape index (κ2) is 14.1. The summed E-state index contributed by atoms with van der Waals surface area (Å²) >= 11 is 0. The van der Waals surface area contributed by atoms with Gasteiger partial charge in [0.1, 0.15) is 5.75 Å². The highest BCUT2D eigenvalue weighted by Crippen LogP contribution is 2.23. The van der Waals surface area contributed by atoms with Crippen LogP contribution in [-0.4, -0.2) is 58.6 Å². The minimum Gasteiger partial charge on any atom is -0.484 e. The Morgan fingerprint density at radius 1 is 1.05 bits per heavy atom. The van der Waals surface area contributed by atoms with E-state index in [4.69, 9.17) is 9.47 Å². The van der Waals surface area contributed by atoms with E-state index in [-0.39, 0.29) is 25.2 Å². The lowest BCUT2D eigenvalue weighted by molar-refractivity contribution is -0.123. The van der Waals surface area contributed by atoms with Crippen molar-refractivity contribution in [1.82, 2.24) is 10.7 Å². The van der Waals surface area contributed by atoms with Crippen molar-refractivity contribution in [3.8, 4) is 5.75 Å². The van der Waals surface area contributed by atoms with Crippen LogP contribution in [0.5, 0.6) is 5.75 Å². The van der Waals surface area contributed by atoms with Crippen LogP contribution in [0, 0.1) is 13.8 Å². The average Bonchev–Trinajstić information content (AvgIpc) is 3.49. The topological polar surface area (TPSA) is 126 Å². The van der Waals surface area contributed by atoms with Gasteiger partial charge in [-0.2, -0.15) is 5.10 Å². The fraction of sp³-hybridized carbons (Fsp3) is 0.323. The number of carbonyl (C=O) groups is 2. The monoisotopic (exact) mass is 592 g/mol. The van der Waals surface area contributed by atoms with Crippen molar-refractivity contribution in [2.75, 3.05) is 30.3 Å². The first-order chi connectivity index (χ1) is 20.1. The Hall–Kier alpha value is -4.22. The number of nitrogens with zero attached hydrogens (tertiary/aromatic N) is 2. The highest BCUT2D eigenvalue weighted by molar-refractivity contribution is 7.92. The fourth-order valence-electron chi connectivity index (χ4n) is 4.32. The molecule has 1 saturated heterocycles. The number of hydrogen-bond donors (Lipinski definition) is 2. The molecule has 0 aromatic heterocycles. The molecule has 3 aromatic carbocycles. The Balaban J connectivity index is 1.26. The number of rotatable bonds is 12. The summed E-state index contributed by atoms with van der Waals surface area (Å²) < 4.78 is 37.4. The third kappa shape index (κ3) is 8.89. The highest BCUT2D eigenvalue weighted by atomic mass is 32.2. The van der Waals surface area contributed by atoms with Gasteiger partial charge >= 0.3 is 0 Å². The number of ether oxygens (including phenoxy) is 2. The van der Waals surface area contributed by atoms with Gasteiger partial charge in [0.2, 0.25) is 10.0 Å². The van der Waals surface area contributed by atoms with Gasteiger partial charge in [0.15, 0.2) is 6.61 Å². The number of amides is 2. The minimum atomic E-state index is -3.52. The molecular formula is C31H36N4O6S. The molecule has 1 fully saturated rings. The molecule has 0 aliphatic carbocycles. The van der Waals surface area contributed by atoms with Gasteiger partial charge in [-0.3, -0.25) is 13.9 Å².